The van der Waals surface area contributed by atoms with E-state index in [1.54, 1.807) is 24.5 Å². The molecule has 1 heterocycles. The van der Waals surface area contributed by atoms with E-state index in [0.29, 0.717) is 11.4 Å². The maximum absolute atomic E-state index is 10.6. The molecule has 0 aliphatic carbocycles. The van der Waals surface area contributed by atoms with Gasteiger partial charge in [-0.05, 0) is 23.4 Å². The van der Waals surface area contributed by atoms with Crippen molar-refractivity contribution in [1.82, 2.24) is 4.98 Å². The van der Waals surface area contributed by atoms with Gasteiger partial charge in [0.25, 0.3) is 0 Å². The van der Waals surface area contributed by atoms with E-state index in [0.717, 1.165) is 10.8 Å². The second-order valence-corrected chi connectivity index (χ2v) is 2.80. The average molecular weight is 188 g/mol. The smallest absolute Gasteiger partial charge is 0.157 e. The molecule has 0 saturated heterocycles. The normalized spacial score (nSPS) is 10.1. The Balaban J connectivity index is 2.83. The molecule has 1 aromatic heterocycles. The fourth-order valence-electron chi connectivity index (χ4n) is 1.39. The zero-order valence-corrected chi connectivity index (χ0v) is 7.60. The van der Waals surface area contributed by atoms with E-state index < -0.39 is 0 Å². The number of fused-ring (bicyclic) bond motifs is 1. The molecular formula is C10H8N2O2. The summed E-state index contributed by atoms with van der Waals surface area (Å²) in [4.78, 5) is 14.6. The van der Waals surface area contributed by atoms with Crippen LogP contribution in [0.2, 0.25) is 0 Å². The van der Waals surface area contributed by atoms with E-state index in [4.69, 9.17) is 4.74 Å². The van der Waals surface area contributed by atoms with Gasteiger partial charge in [0.2, 0.25) is 0 Å². The maximum Gasteiger partial charge on any atom is 0.157 e. The highest BCUT2D eigenvalue weighted by atomic mass is 16.5. The van der Waals surface area contributed by atoms with Gasteiger partial charge in [0.05, 0.1) is 7.11 Å². The Bertz CT molecular complexity index is 483. The van der Waals surface area contributed by atoms with Gasteiger partial charge in [-0.2, -0.15) is 0 Å². The minimum atomic E-state index is 0.326. The third-order valence-corrected chi connectivity index (χ3v) is 2.07. The SMILES string of the molecule is COc1ccc2cnccc2c1N=O. The van der Waals surface area contributed by atoms with E-state index in [1.807, 2.05) is 6.07 Å². The second kappa shape index (κ2) is 3.41. The Hall–Kier alpha value is -1.97. The lowest BCUT2D eigenvalue weighted by molar-refractivity contribution is 0.416. The van der Waals surface area contributed by atoms with Gasteiger partial charge in [0.1, 0.15) is 5.75 Å². The van der Waals surface area contributed by atoms with Gasteiger partial charge < -0.3 is 4.74 Å². The van der Waals surface area contributed by atoms with E-state index in [2.05, 4.69) is 10.2 Å². The standard InChI is InChI=1S/C10H8N2O2/c1-14-9-3-2-7-6-11-5-4-8(7)10(9)12-13/h2-6H,1H3. The van der Waals surface area contributed by atoms with Crippen LogP contribution in [0, 0.1) is 4.91 Å². The summed E-state index contributed by atoms with van der Waals surface area (Å²) in [5.41, 5.74) is 0.326. The summed E-state index contributed by atoms with van der Waals surface area (Å²) in [7, 11) is 1.51. The zero-order chi connectivity index (χ0) is 9.97. The number of hydrogen-bond acceptors (Lipinski definition) is 4. The molecule has 1 aromatic carbocycles. The minimum absolute atomic E-state index is 0.326. The van der Waals surface area contributed by atoms with Crippen molar-refractivity contribution >= 4 is 16.5 Å². The molecule has 4 heteroatoms. The first-order valence-electron chi connectivity index (χ1n) is 4.11. The molecule has 0 saturated carbocycles. The summed E-state index contributed by atoms with van der Waals surface area (Å²) in [5, 5.41) is 4.60. The van der Waals surface area contributed by atoms with Gasteiger partial charge in [0, 0.05) is 23.2 Å². The quantitative estimate of drug-likeness (QED) is 0.680. The van der Waals surface area contributed by atoms with Crippen LogP contribution < -0.4 is 4.74 Å². The van der Waals surface area contributed by atoms with Crippen LogP contribution in [0.25, 0.3) is 10.8 Å². The molecule has 70 valence electrons. The number of benzene rings is 1. The van der Waals surface area contributed by atoms with Crippen molar-refractivity contribution in [3.63, 3.8) is 0 Å². The molecule has 0 aliphatic heterocycles. The Morgan fingerprint density at radius 1 is 1.36 bits per heavy atom. The predicted molar refractivity (Wildman–Crippen MR) is 53.8 cm³/mol. The third kappa shape index (κ3) is 1.21. The second-order valence-electron chi connectivity index (χ2n) is 2.80. The average Bonchev–Trinajstić information content (AvgIpc) is 2.27. The molecule has 0 amide bonds. The molecule has 0 atom stereocenters. The molecule has 0 N–H and O–H groups in total. The van der Waals surface area contributed by atoms with E-state index in [-0.39, 0.29) is 0 Å². The summed E-state index contributed by atoms with van der Waals surface area (Å²) in [5.74, 6) is 0.485. The minimum Gasteiger partial charge on any atom is -0.494 e. The van der Waals surface area contributed by atoms with Crippen LogP contribution in [0.3, 0.4) is 0 Å². The Labute approximate surface area is 80.5 Å². The monoisotopic (exact) mass is 188 g/mol. The van der Waals surface area contributed by atoms with Crippen LogP contribution >= 0.6 is 0 Å². The fourth-order valence-corrected chi connectivity index (χ4v) is 1.39. The van der Waals surface area contributed by atoms with Gasteiger partial charge in [-0.25, -0.2) is 0 Å². The molecule has 4 nitrogen and oxygen atoms in total. The highest BCUT2D eigenvalue weighted by Gasteiger charge is 2.07. The highest BCUT2D eigenvalue weighted by molar-refractivity contribution is 5.94. The predicted octanol–water partition coefficient (Wildman–Crippen LogP) is 2.64. The zero-order valence-electron chi connectivity index (χ0n) is 7.60. The van der Waals surface area contributed by atoms with Gasteiger partial charge in [-0.1, -0.05) is 0 Å². The van der Waals surface area contributed by atoms with Crippen LogP contribution in [0.1, 0.15) is 0 Å². The Morgan fingerprint density at radius 2 is 2.21 bits per heavy atom. The number of nitrogens with zero attached hydrogens (tertiary/aromatic N) is 2. The van der Waals surface area contributed by atoms with Crippen LogP contribution in [0.4, 0.5) is 5.69 Å². The third-order valence-electron chi connectivity index (χ3n) is 2.07. The molecule has 0 fully saturated rings. The van der Waals surface area contributed by atoms with Crippen LogP contribution in [0.5, 0.6) is 5.75 Å². The van der Waals surface area contributed by atoms with Crippen molar-refractivity contribution in [2.24, 2.45) is 5.18 Å². The van der Waals surface area contributed by atoms with Crippen molar-refractivity contribution in [3.8, 4) is 5.75 Å². The van der Waals surface area contributed by atoms with Crippen molar-refractivity contribution in [1.29, 1.82) is 0 Å². The van der Waals surface area contributed by atoms with Gasteiger partial charge in [0.15, 0.2) is 5.69 Å². The first kappa shape index (κ1) is 8.62. The molecule has 0 spiro atoms. The lowest BCUT2D eigenvalue weighted by Gasteiger charge is -2.04. The van der Waals surface area contributed by atoms with Gasteiger partial charge in [-0.15, -0.1) is 4.91 Å². The van der Waals surface area contributed by atoms with Crippen LogP contribution in [0.15, 0.2) is 35.8 Å². The summed E-state index contributed by atoms with van der Waals surface area (Å²) >= 11 is 0. The summed E-state index contributed by atoms with van der Waals surface area (Å²) in [6.45, 7) is 0. The van der Waals surface area contributed by atoms with Gasteiger partial charge in [-0.3, -0.25) is 4.98 Å². The van der Waals surface area contributed by atoms with Crippen molar-refractivity contribution in [2.45, 2.75) is 0 Å². The number of pyridine rings is 1. The number of methoxy groups -OCH3 is 1. The lowest BCUT2D eigenvalue weighted by Crippen LogP contribution is -1.84. The molecule has 0 bridgehead atoms. The highest BCUT2D eigenvalue weighted by Crippen LogP contribution is 2.34. The summed E-state index contributed by atoms with van der Waals surface area (Å²) in [6, 6.07) is 5.30. The molecule has 2 rings (SSSR count). The number of ether oxygens (including phenoxy) is 1. The largest absolute Gasteiger partial charge is 0.494 e. The summed E-state index contributed by atoms with van der Waals surface area (Å²) in [6.07, 6.45) is 3.31. The van der Waals surface area contributed by atoms with Crippen molar-refractivity contribution in [3.05, 3.63) is 35.5 Å². The Kier molecular flexibility index (Phi) is 2.10. The van der Waals surface area contributed by atoms with E-state index >= 15 is 0 Å². The molecule has 14 heavy (non-hydrogen) atoms. The van der Waals surface area contributed by atoms with E-state index in [1.165, 1.54) is 7.11 Å². The van der Waals surface area contributed by atoms with Crippen LogP contribution in [-0.4, -0.2) is 12.1 Å². The van der Waals surface area contributed by atoms with Crippen molar-refractivity contribution < 1.29 is 4.74 Å². The number of rotatable bonds is 2. The molecule has 0 aliphatic rings. The maximum atomic E-state index is 10.6. The topological polar surface area (TPSA) is 51.6 Å². The molecule has 0 unspecified atom stereocenters. The molecular weight excluding hydrogens is 180 g/mol. The summed E-state index contributed by atoms with van der Waals surface area (Å²) < 4.78 is 5.03. The Morgan fingerprint density at radius 3 is 2.93 bits per heavy atom. The fraction of sp³-hybridized carbons (Fsp3) is 0.100. The number of aromatic nitrogens is 1. The first-order valence-corrected chi connectivity index (χ1v) is 4.11. The number of nitroso groups, excluding NO2 is 1. The van der Waals surface area contributed by atoms with Crippen LogP contribution in [-0.2, 0) is 0 Å². The van der Waals surface area contributed by atoms with Crippen molar-refractivity contribution in [2.75, 3.05) is 7.11 Å². The lowest BCUT2D eigenvalue weighted by atomic mass is 10.1. The van der Waals surface area contributed by atoms with E-state index in [9.17, 15) is 4.91 Å². The number of hydrogen-bond donors (Lipinski definition) is 0. The molecule has 0 radical (unpaired) electrons. The van der Waals surface area contributed by atoms with Gasteiger partial charge >= 0.3 is 0 Å². The first-order chi connectivity index (χ1) is 6.86. The molecule has 2 aromatic rings.